The van der Waals surface area contributed by atoms with Crippen LogP contribution >= 0.6 is 0 Å². The molecule has 0 aliphatic rings. The molecule has 16 heavy (non-hydrogen) atoms. The van der Waals surface area contributed by atoms with Crippen LogP contribution in [0.25, 0.3) is 0 Å². The molecule has 0 aliphatic carbocycles. The Bertz CT molecular complexity index is 310. The molecule has 0 saturated heterocycles. The molecular formula is C12H22N2O2. The normalized spacial score (nSPS) is 15.4. The average molecular weight is 226 g/mol. The molecule has 4 nitrogen and oxygen atoms in total. The zero-order chi connectivity index (χ0) is 12.1. The number of nitrogens with zero attached hydrogens (tertiary/aromatic N) is 2. The highest BCUT2D eigenvalue weighted by molar-refractivity contribution is 4.94. The lowest BCUT2D eigenvalue weighted by molar-refractivity contribution is -0.0570. The third kappa shape index (κ3) is 3.32. The number of aryl methyl sites for hydroxylation is 1. The summed E-state index contributed by atoms with van der Waals surface area (Å²) >= 11 is 0. The predicted molar refractivity (Wildman–Crippen MR) is 63.2 cm³/mol. The number of aliphatic hydroxyl groups excluding tert-OH is 1. The van der Waals surface area contributed by atoms with Gasteiger partial charge in [-0.25, -0.2) is 4.98 Å². The minimum absolute atomic E-state index is 0.123. The van der Waals surface area contributed by atoms with E-state index in [2.05, 4.69) is 18.8 Å². The highest BCUT2D eigenvalue weighted by atomic mass is 16.5. The van der Waals surface area contributed by atoms with Crippen molar-refractivity contribution in [2.75, 3.05) is 6.61 Å². The highest BCUT2D eigenvalue weighted by Gasteiger charge is 2.24. The third-order valence-corrected chi connectivity index (χ3v) is 2.71. The van der Waals surface area contributed by atoms with Crippen molar-refractivity contribution in [3.05, 3.63) is 18.2 Å². The van der Waals surface area contributed by atoms with Gasteiger partial charge in [-0.1, -0.05) is 13.8 Å². The van der Waals surface area contributed by atoms with Gasteiger partial charge in [-0.2, -0.15) is 0 Å². The largest absolute Gasteiger partial charge is 0.390 e. The van der Waals surface area contributed by atoms with Gasteiger partial charge in [-0.3, -0.25) is 0 Å². The maximum absolute atomic E-state index is 10.1. The molecule has 0 bridgehead atoms. The van der Waals surface area contributed by atoms with E-state index in [9.17, 15) is 5.11 Å². The molecule has 2 atom stereocenters. The lowest BCUT2D eigenvalue weighted by atomic mass is 9.99. The Morgan fingerprint density at radius 2 is 2.19 bits per heavy atom. The summed E-state index contributed by atoms with van der Waals surface area (Å²) in [4.78, 5) is 4.21. The fourth-order valence-corrected chi connectivity index (χ4v) is 1.84. The number of rotatable bonds is 6. The summed E-state index contributed by atoms with van der Waals surface area (Å²) in [5.74, 6) is 1.19. The minimum Gasteiger partial charge on any atom is -0.390 e. The van der Waals surface area contributed by atoms with Crippen molar-refractivity contribution in [2.24, 2.45) is 13.0 Å². The Morgan fingerprint density at radius 3 is 2.62 bits per heavy atom. The summed E-state index contributed by atoms with van der Waals surface area (Å²) in [5.41, 5.74) is 0. The van der Waals surface area contributed by atoms with Gasteiger partial charge in [0.2, 0.25) is 0 Å². The van der Waals surface area contributed by atoms with Crippen LogP contribution in [0.4, 0.5) is 0 Å². The molecule has 1 heterocycles. The van der Waals surface area contributed by atoms with Crippen molar-refractivity contribution < 1.29 is 9.84 Å². The minimum atomic E-state index is -0.499. The summed E-state index contributed by atoms with van der Waals surface area (Å²) in [6, 6.07) is 0. The molecule has 92 valence electrons. The molecule has 0 radical (unpaired) electrons. The molecule has 2 unspecified atom stereocenters. The lowest BCUT2D eigenvalue weighted by Crippen LogP contribution is -2.36. The second kappa shape index (κ2) is 6.01. The second-order valence-corrected chi connectivity index (χ2v) is 4.39. The zero-order valence-corrected chi connectivity index (χ0v) is 10.6. The first kappa shape index (κ1) is 13.2. The number of imidazole rings is 1. The van der Waals surface area contributed by atoms with E-state index in [0.29, 0.717) is 18.9 Å². The van der Waals surface area contributed by atoms with Crippen LogP contribution < -0.4 is 0 Å². The average Bonchev–Trinajstić information content (AvgIpc) is 2.60. The first-order chi connectivity index (χ1) is 7.56. The van der Waals surface area contributed by atoms with Gasteiger partial charge in [-0.15, -0.1) is 0 Å². The maximum atomic E-state index is 10.1. The molecule has 0 aliphatic heterocycles. The Balaban J connectivity index is 2.62. The number of hydrogen-bond donors (Lipinski definition) is 1. The summed E-state index contributed by atoms with van der Waals surface area (Å²) < 4.78 is 7.49. The maximum Gasteiger partial charge on any atom is 0.111 e. The van der Waals surface area contributed by atoms with E-state index in [4.69, 9.17) is 4.74 Å². The molecule has 1 N–H and O–H groups in total. The molecule has 0 fully saturated rings. The summed E-state index contributed by atoms with van der Waals surface area (Å²) in [6.07, 6.45) is 3.54. The van der Waals surface area contributed by atoms with Crippen molar-refractivity contribution in [1.29, 1.82) is 0 Å². The smallest absolute Gasteiger partial charge is 0.111 e. The molecular weight excluding hydrogens is 204 g/mol. The Hall–Kier alpha value is -0.870. The van der Waals surface area contributed by atoms with Gasteiger partial charge >= 0.3 is 0 Å². The Kier molecular flexibility index (Phi) is 4.96. The van der Waals surface area contributed by atoms with Crippen LogP contribution in [-0.4, -0.2) is 33.5 Å². The molecule has 1 aromatic heterocycles. The van der Waals surface area contributed by atoms with Crippen LogP contribution in [0.3, 0.4) is 0 Å². The van der Waals surface area contributed by atoms with E-state index < -0.39 is 6.10 Å². The predicted octanol–water partition coefficient (Wildman–Crippen LogP) is 1.38. The van der Waals surface area contributed by atoms with E-state index in [0.717, 1.165) is 5.82 Å². The molecule has 0 amide bonds. The zero-order valence-electron chi connectivity index (χ0n) is 10.6. The van der Waals surface area contributed by atoms with Crippen LogP contribution in [0, 0.1) is 5.92 Å². The molecule has 1 rings (SSSR count). The second-order valence-electron chi connectivity index (χ2n) is 4.39. The van der Waals surface area contributed by atoms with Gasteiger partial charge in [0.15, 0.2) is 0 Å². The summed E-state index contributed by atoms with van der Waals surface area (Å²) in [6.45, 7) is 6.69. The quantitative estimate of drug-likeness (QED) is 0.797. The molecule has 0 spiro atoms. The van der Waals surface area contributed by atoms with Crippen LogP contribution in [-0.2, 0) is 18.2 Å². The summed E-state index contributed by atoms with van der Waals surface area (Å²) in [5, 5.41) is 10.1. The number of aromatic nitrogens is 2. The number of aliphatic hydroxyl groups is 1. The van der Waals surface area contributed by atoms with Crippen molar-refractivity contribution >= 4 is 0 Å². The van der Waals surface area contributed by atoms with E-state index >= 15 is 0 Å². The first-order valence-electron chi connectivity index (χ1n) is 5.82. The standard InChI is InChI=1S/C12H22N2O2/c1-5-16-12(9(2)3)10(15)8-11-13-6-7-14(11)4/h6-7,9-10,12,15H,5,8H2,1-4H3. The van der Waals surface area contributed by atoms with Gasteiger partial charge in [0.1, 0.15) is 5.82 Å². The van der Waals surface area contributed by atoms with Crippen LogP contribution in [0.15, 0.2) is 12.4 Å². The topological polar surface area (TPSA) is 47.3 Å². The van der Waals surface area contributed by atoms with Gasteiger partial charge in [0, 0.05) is 32.5 Å². The van der Waals surface area contributed by atoms with Gasteiger partial charge in [-0.05, 0) is 12.8 Å². The fraction of sp³-hybridized carbons (Fsp3) is 0.750. The van der Waals surface area contributed by atoms with Crippen LogP contribution in [0.1, 0.15) is 26.6 Å². The van der Waals surface area contributed by atoms with Gasteiger partial charge in [0.25, 0.3) is 0 Å². The van der Waals surface area contributed by atoms with Crippen molar-refractivity contribution in [2.45, 2.75) is 39.4 Å². The molecule has 4 heteroatoms. The SMILES string of the molecule is CCOC(C(C)C)C(O)Cc1nccn1C. The molecule has 0 saturated carbocycles. The van der Waals surface area contributed by atoms with Crippen molar-refractivity contribution in [3.8, 4) is 0 Å². The van der Waals surface area contributed by atoms with Crippen LogP contribution in [0.2, 0.25) is 0 Å². The Morgan fingerprint density at radius 1 is 1.50 bits per heavy atom. The van der Waals surface area contributed by atoms with Crippen molar-refractivity contribution in [3.63, 3.8) is 0 Å². The lowest BCUT2D eigenvalue weighted by Gasteiger charge is -2.26. The third-order valence-electron chi connectivity index (χ3n) is 2.71. The monoisotopic (exact) mass is 226 g/mol. The van der Waals surface area contributed by atoms with E-state index in [1.54, 1.807) is 6.20 Å². The van der Waals surface area contributed by atoms with Crippen molar-refractivity contribution in [1.82, 2.24) is 9.55 Å². The summed E-state index contributed by atoms with van der Waals surface area (Å²) in [7, 11) is 1.93. The van der Waals surface area contributed by atoms with Gasteiger partial charge < -0.3 is 14.4 Å². The Labute approximate surface area is 97.3 Å². The fourth-order valence-electron chi connectivity index (χ4n) is 1.84. The first-order valence-corrected chi connectivity index (χ1v) is 5.82. The number of hydrogen-bond acceptors (Lipinski definition) is 3. The van der Waals surface area contributed by atoms with Gasteiger partial charge in [0.05, 0.1) is 12.2 Å². The molecule has 1 aromatic rings. The molecule has 0 aromatic carbocycles. The highest BCUT2D eigenvalue weighted by Crippen LogP contribution is 2.14. The van der Waals surface area contributed by atoms with E-state index in [1.807, 2.05) is 24.7 Å². The number of ether oxygens (including phenoxy) is 1. The van der Waals surface area contributed by atoms with Crippen LogP contribution in [0.5, 0.6) is 0 Å². The van der Waals surface area contributed by atoms with E-state index in [1.165, 1.54) is 0 Å². The van der Waals surface area contributed by atoms with E-state index in [-0.39, 0.29) is 6.10 Å².